The predicted molar refractivity (Wildman–Crippen MR) is 78.3 cm³/mol. The van der Waals surface area contributed by atoms with Gasteiger partial charge in [-0.3, -0.25) is 14.9 Å². The van der Waals surface area contributed by atoms with Gasteiger partial charge in [-0.15, -0.1) is 0 Å². The highest BCUT2D eigenvalue weighted by Gasteiger charge is 2.23. The first-order valence-corrected chi connectivity index (χ1v) is 6.97. The van der Waals surface area contributed by atoms with Crippen LogP contribution in [0, 0.1) is 0 Å². The normalized spacial score (nSPS) is 20.1. The molecule has 1 aliphatic heterocycles. The molecule has 1 aromatic carbocycles. The number of anilines is 1. The Morgan fingerprint density at radius 3 is 2.95 bits per heavy atom. The molecule has 0 radical (unpaired) electrons. The van der Waals surface area contributed by atoms with Gasteiger partial charge >= 0.3 is 0 Å². The number of nitrogens with one attached hydrogen (secondary N) is 3. The molecule has 5 nitrogen and oxygen atoms in total. The van der Waals surface area contributed by atoms with Crippen LogP contribution in [0.4, 0.5) is 5.69 Å². The fraction of sp³-hybridized carbons (Fsp3) is 0.467. The molecule has 2 atom stereocenters. The van der Waals surface area contributed by atoms with E-state index in [2.05, 4.69) is 16.0 Å². The third kappa shape index (κ3) is 3.81. The Labute approximate surface area is 119 Å². The second-order valence-corrected chi connectivity index (χ2v) is 5.18. The molecule has 1 heterocycles. The summed E-state index contributed by atoms with van der Waals surface area (Å²) in [5.74, 6) is -0.0180. The summed E-state index contributed by atoms with van der Waals surface area (Å²) in [6.07, 6.45) is 1.86. The van der Waals surface area contributed by atoms with E-state index in [0.717, 1.165) is 30.6 Å². The maximum atomic E-state index is 11.7. The minimum atomic E-state index is -0.136. The highest BCUT2D eigenvalue weighted by molar-refractivity contribution is 5.88. The van der Waals surface area contributed by atoms with Gasteiger partial charge in [0, 0.05) is 25.2 Å². The van der Waals surface area contributed by atoms with Crippen LogP contribution in [0.2, 0.25) is 0 Å². The Balaban J connectivity index is 2.02. The van der Waals surface area contributed by atoms with Crippen molar-refractivity contribution in [1.82, 2.24) is 10.6 Å². The van der Waals surface area contributed by atoms with Gasteiger partial charge < -0.3 is 10.6 Å². The summed E-state index contributed by atoms with van der Waals surface area (Å²) in [7, 11) is 0. The standard InChI is InChI=1S/C15H21N3O2/c1-10(17-14-7-4-8-16-15(14)20)12-5-3-6-13(9-12)18-11(2)19/h3,5-6,9-10,14,17H,4,7-8H2,1-2H3,(H,16,20)(H,18,19). The van der Waals surface area contributed by atoms with Crippen LogP contribution in [0.3, 0.4) is 0 Å². The van der Waals surface area contributed by atoms with Crippen molar-refractivity contribution in [1.29, 1.82) is 0 Å². The van der Waals surface area contributed by atoms with Crippen molar-refractivity contribution in [2.24, 2.45) is 0 Å². The lowest BCUT2D eigenvalue weighted by Gasteiger charge is -2.26. The zero-order valence-corrected chi connectivity index (χ0v) is 11.9. The highest BCUT2D eigenvalue weighted by Crippen LogP contribution is 2.19. The van der Waals surface area contributed by atoms with E-state index < -0.39 is 0 Å². The van der Waals surface area contributed by atoms with Gasteiger partial charge in [-0.05, 0) is 37.5 Å². The maximum Gasteiger partial charge on any atom is 0.237 e. The molecule has 3 N–H and O–H groups in total. The van der Waals surface area contributed by atoms with Crippen LogP contribution >= 0.6 is 0 Å². The summed E-state index contributed by atoms with van der Waals surface area (Å²) in [5, 5.41) is 8.98. The first kappa shape index (κ1) is 14.5. The molecule has 0 spiro atoms. The molecule has 2 rings (SSSR count). The van der Waals surface area contributed by atoms with Crippen LogP contribution in [-0.4, -0.2) is 24.4 Å². The van der Waals surface area contributed by atoms with Crippen LogP contribution in [-0.2, 0) is 9.59 Å². The zero-order chi connectivity index (χ0) is 14.5. The molecule has 2 unspecified atom stereocenters. The van der Waals surface area contributed by atoms with E-state index in [-0.39, 0.29) is 23.9 Å². The number of carbonyl (C=O) groups excluding carboxylic acids is 2. The SMILES string of the molecule is CC(=O)Nc1cccc(C(C)NC2CCCNC2=O)c1. The molecule has 0 aliphatic carbocycles. The van der Waals surface area contributed by atoms with E-state index in [1.165, 1.54) is 6.92 Å². The van der Waals surface area contributed by atoms with Crippen molar-refractivity contribution < 1.29 is 9.59 Å². The largest absolute Gasteiger partial charge is 0.355 e. The molecule has 0 bridgehead atoms. The summed E-state index contributed by atoms with van der Waals surface area (Å²) in [5.41, 5.74) is 1.83. The molecule has 0 saturated carbocycles. The van der Waals surface area contributed by atoms with Crippen molar-refractivity contribution in [3.63, 3.8) is 0 Å². The topological polar surface area (TPSA) is 70.2 Å². The lowest BCUT2D eigenvalue weighted by atomic mass is 10.0. The van der Waals surface area contributed by atoms with Crippen molar-refractivity contribution in [3.8, 4) is 0 Å². The average Bonchev–Trinajstić information content (AvgIpc) is 2.41. The number of benzene rings is 1. The Kier molecular flexibility index (Phi) is 4.74. The fourth-order valence-corrected chi connectivity index (χ4v) is 2.42. The van der Waals surface area contributed by atoms with E-state index in [0.29, 0.717) is 0 Å². The second kappa shape index (κ2) is 6.52. The van der Waals surface area contributed by atoms with Gasteiger partial charge in [-0.2, -0.15) is 0 Å². The van der Waals surface area contributed by atoms with E-state index in [1.807, 2.05) is 31.2 Å². The van der Waals surface area contributed by atoms with Crippen molar-refractivity contribution in [2.75, 3.05) is 11.9 Å². The minimum Gasteiger partial charge on any atom is -0.355 e. The number of piperidine rings is 1. The Morgan fingerprint density at radius 1 is 1.45 bits per heavy atom. The van der Waals surface area contributed by atoms with Gasteiger partial charge in [0.25, 0.3) is 0 Å². The lowest BCUT2D eigenvalue weighted by Crippen LogP contribution is -2.48. The Hall–Kier alpha value is -1.88. The summed E-state index contributed by atoms with van der Waals surface area (Å²) >= 11 is 0. The molecule has 0 aromatic heterocycles. The first-order valence-electron chi connectivity index (χ1n) is 6.97. The third-order valence-electron chi connectivity index (χ3n) is 3.44. The van der Waals surface area contributed by atoms with Gasteiger partial charge in [-0.25, -0.2) is 0 Å². The van der Waals surface area contributed by atoms with Crippen LogP contribution in [0.5, 0.6) is 0 Å². The van der Waals surface area contributed by atoms with Crippen molar-refractivity contribution >= 4 is 17.5 Å². The molecule has 20 heavy (non-hydrogen) atoms. The second-order valence-electron chi connectivity index (χ2n) is 5.18. The molecular weight excluding hydrogens is 254 g/mol. The van der Waals surface area contributed by atoms with Crippen LogP contribution in [0.1, 0.15) is 38.3 Å². The zero-order valence-electron chi connectivity index (χ0n) is 11.9. The molecule has 1 aromatic rings. The summed E-state index contributed by atoms with van der Waals surface area (Å²) in [6.45, 7) is 4.28. The Morgan fingerprint density at radius 2 is 2.25 bits per heavy atom. The quantitative estimate of drug-likeness (QED) is 0.781. The van der Waals surface area contributed by atoms with Crippen LogP contribution in [0.15, 0.2) is 24.3 Å². The summed E-state index contributed by atoms with van der Waals surface area (Å²) in [6, 6.07) is 7.59. The number of amides is 2. The maximum absolute atomic E-state index is 11.7. The number of rotatable bonds is 4. The molecule has 108 valence electrons. The van der Waals surface area contributed by atoms with Crippen LogP contribution in [0.25, 0.3) is 0 Å². The molecule has 1 aliphatic rings. The molecule has 1 saturated heterocycles. The van der Waals surface area contributed by atoms with E-state index >= 15 is 0 Å². The number of hydrogen-bond acceptors (Lipinski definition) is 3. The van der Waals surface area contributed by atoms with Gasteiger partial charge in [-0.1, -0.05) is 12.1 Å². The van der Waals surface area contributed by atoms with E-state index in [1.54, 1.807) is 0 Å². The van der Waals surface area contributed by atoms with Crippen molar-refractivity contribution in [3.05, 3.63) is 29.8 Å². The predicted octanol–water partition coefficient (Wildman–Crippen LogP) is 1.57. The molecule has 2 amide bonds. The number of carbonyl (C=O) groups is 2. The Bertz CT molecular complexity index is 502. The van der Waals surface area contributed by atoms with E-state index in [9.17, 15) is 9.59 Å². The van der Waals surface area contributed by atoms with Crippen molar-refractivity contribution in [2.45, 2.75) is 38.8 Å². The van der Waals surface area contributed by atoms with Gasteiger partial charge in [0.15, 0.2) is 0 Å². The smallest absolute Gasteiger partial charge is 0.237 e. The van der Waals surface area contributed by atoms with Gasteiger partial charge in [0.05, 0.1) is 6.04 Å². The van der Waals surface area contributed by atoms with Gasteiger partial charge in [0.1, 0.15) is 0 Å². The van der Waals surface area contributed by atoms with E-state index in [4.69, 9.17) is 0 Å². The fourth-order valence-electron chi connectivity index (χ4n) is 2.42. The monoisotopic (exact) mass is 275 g/mol. The summed E-state index contributed by atoms with van der Waals surface area (Å²) < 4.78 is 0. The molecule has 1 fully saturated rings. The number of hydrogen-bond donors (Lipinski definition) is 3. The first-order chi connectivity index (χ1) is 9.56. The van der Waals surface area contributed by atoms with Crippen LogP contribution < -0.4 is 16.0 Å². The minimum absolute atomic E-state index is 0.0533. The highest BCUT2D eigenvalue weighted by atomic mass is 16.2. The molecule has 5 heteroatoms. The molecular formula is C15H21N3O2. The van der Waals surface area contributed by atoms with Gasteiger partial charge in [0.2, 0.25) is 11.8 Å². The summed E-state index contributed by atoms with van der Waals surface area (Å²) in [4.78, 5) is 22.8. The third-order valence-corrected chi connectivity index (χ3v) is 3.44. The lowest BCUT2D eigenvalue weighted by molar-refractivity contribution is -0.124. The average molecular weight is 275 g/mol.